The molecule has 1 spiro atoms. The summed E-state index contributed by atoms with van der Waals surface area (Å²) < 4.78 is 11.8. The van der Waals surface area contributed by atoms with Crippen LogP contribution in [0, 0.1) is 0 Å². The van der Waals surface area contributed by atoms with Crippen molar-refractivity contribution in [1.29, 1.82) is 0 Å². The molecule has 0 radical (unpaired) electrons. The zero-order valence-corrected chi connectivity index (χ0v) is 13.2. The Hall–Kier alpha value is -1.33. The number of piperidine rings is 1. The largest absolute Gasteiger partial charge is 0.486 e. The Morgan fingerprint density at radius 3 is 2.76 bits per heavy atom. The normalized spacial score (nSPS) is 19.7. The molecular formula is C15H21ClN2O3. The molecular weight excluding hydrogens is 292 g/mol. The van der Waals surface area contributed by atoms with Gasteiger partial charge in [-0.3, -0.25) is 4.79 Å². The molecule has 0 atom stereocenters. The molecule has 5 nitrogen and oxygen atoms in total. The number of ketones is 1. The van der Waals surface area contributed by atoms with Gasteiger partial charge in [0.25, 0.3) is 0 Å². The second-order valence-corrected chi connectivity index (χ2v) is 5.79. The van der Waals surface area contributed by atoms with Crippen molar-refractivity contribution in [1.82, 2.24) is 10.3 Å². The van der Waals surface area contributed by atoms with Gasteiger partial charge >= 0.3 is 0 Å². The minimum atomic E-state index is -0.341. The third kappa shape index (κ3) is 3.14. The fourth-order valence-electron chi connectivity index (χ4n) is 2.89. The quantitative estimate of drug-likeness (QED) is 0.908. The lowest BCUT2D eigenvalue weighted by molar-refractivity contribution is 0.0178. The predicted octanol–water partition coefficient (Wildman–Crippen LogP) is 2.38. The molecule has 0 saturated carbocycles. The molecule has 2 aliphatic heterocycles. The van der Waals surface area contributed by atoms with E-state index in [1.807, 2.05) is 13.8 Å². The number of nitrogens with one attached hydrogen (secondary N) is 1. The summed E-state index contributed by atoms with van der Waals surface area (Å²) in [5, 5.41) is 3.30. The Kier molecular flexibility index (Phi) is 4.74. The topological polar surface area (TPSA) is 60.5 Å². The summed E-state index contributed by atoms with van der Waals surface area (Å²) in [6.07, 6.45) is 3.77. The van der Waals surface area contributed by atoms with Gasteiger partial charge in [0.2, 0.25) is 5.88 Å². The Morgan fingerprint density at radius 2 is 2.10 bits per heavy atom. The summed E-state index contributed by atoms with van der Waals surface area (Å²) in [7, 11) is 0. The fourth-order valence-corrected chi connectivity index (χ4v) is 2.89. The second-order valence-electron chi connectivity index (χ2n) is 5.79. The van der Waals surface area contributed by atoms with E-state index in [4.69, 9.17) is 9.47 Å². The number of ether oxygens (including phenoxy) is 2. The standard InChI is InChI=1S/C15H20N2O3.ClH/c1-10(2)19-14-13-11(18)9-15(4-7-16-8-5-15)20-12(13)3-6-17-14;/h3,6,10,16H,4-5,7-9H2,1-2H3;1H. The van der Waals surface area contributed by atoms with E-state index in [0.29, 0.717) is 23.6 Å². The van der Waals surface area contributed by atoms with E-state index < -0.39 is 0 Å². The van der Waals surface area contributed by atoms with Gasteiger partial charge in [0, 0.05) is 19.0 Å². The van der Waals surface area contributed by atoms with Crippen LogP contribution in [0.25, 0.3) is 0 Å². The van der Waals surface area contributed by atoms with Crippen molar-refractivity contribution in [3.8, 4) is 11.6 Å². The molecule has 2 aliphatic rings. The minimum Gasteiger partial charge on any atom is -0.486 e. The Balaban J connectivity index is 0.00000161. The van der Waals surface area contributed by atoms with E-state index in [2.05, 4.69) is 10.3 Å². The summed E-state index contributed by atoms with van der Waals surface area (Å²) in [5.41, 5.74) is 0.163. The number of pyridine rings is 1. The van der Waals surface area contributed by atoms with Crippen molar-refractivity contribution in [2.24, 2.45) is 0 Å². The van der Waals surface area contributed by atoms with Gasteiger partial charge < -0.3 is 14.8 Å². The third-order valence-electron chi connectivity index (χ3n) is 3.83. The van der Waals surface area contributed by atoms with E-state index in [9.17, 15) is 4.79 Å². The predicted molar refractivity (Wildman–Crippen MR) is 81.7 cm³/mol. The van der Waals surface area contributed by atoms with E-state index >= 15 is 0 Å². The van der Waals surface area contributed by atoms with Crippen LogP contribution in [0.2, 0.25) is 0 Å². The second kappa shape index (κ2) is 6.20. The van der Waals surface area contributed by atoms with Gasteiger partial charge in [-0.25, -0.2) is 4.98 Å². The minimum absolute atomic E-state index is 0. The molecule has 1 aromatic rings. The molecule has 3 rings (SSSR count). The summed E-state index contributed by atoms with van der Waals surface area (Å²) in [4.78, 5) is 16.7. The molecule has 0 aliphatic carbocycles. The molecule has 0 bridgehead atoms. The van der Waals surface area contributed by atoms with Crippen LogP contribution in [0.3, 0.4) is 0 Å². The lowest BCUT2D eigenvalue weighted by atomic mass is 9.83. The molecule has 0 unspecified atom stereocenters. The molecule has 21 heavy (non-hydrogen) atoms. The van der Waals surface area contributed by atoms with Crippen LogP contribution >= 0.6 is 12.4 Å². The average molecular weight is 313 g/mol. The van der Waals surface area contributed by atoms with Gasteiger partial charge in [0.1, 0.15) is 16.9 Å². The number of carbonyl (C=O) groups is 1. The maximum Gasteiger partial charge on any atom is 0.228 e. The van der Waals surface area contributed by atoms with E-state index in [1.54, 1.807) is 12.3 Å². The van der Waals surface area contributed by atoms with E-state index in [0.717, 1.165) is 25.9 Å². The summed E-state index contributed by atoms with van der Waals surface area (Å²) in [6.45, 7) is 5.62. The highest BCUT2D eigenvalue weighted by atomic mass is 35.5. The van der Waals surface area contributed by atoms with Crippen molar-refractivity contribution >= 4 is 18.2 Å². The first-order valence-corrected chi connectivity index (χ1v) is 7.18. The Morgan fingerprint density at radius 1 is 1.38 bits per heavy atom. The zero-order chi connectivity index (χ0) is 14.2. The van der Waals surface area contributed by atoms with Gasteiger partial charge in [0.05, 0.1) is 12.5 Å². The van der Waals surface area contributed by atoms with Gasteiger partial charge in [0.15, 0.2) is 5.78 Å². The lowest BCUT2D eigenvalue weighted by Crippen LogP contribution is -2.49. The maximum absolute atomic E-state index is 12.5. The van der Waals surface area contributed by atoms with E-state index in [1.165, 1.54) is 0 Å². The first kappa shape index (κ1) is 16.0. The number of fused-ring (bicyclic) bond motifs is 1. The van der Waals surface area contributed by atoms with Crippen molar-refractivity contribution in [2.75, 3.05) is 13.1 Å². The molecule has 6 heteroatoms. The molecule has 116 valence electrons. The Bertz CT molecular complexity index is 528. The number of aromatic nitrogens is 1. The van der Waals surface area contributed by atoms with Crippen LogP contribution in [0.4, 0.5) is 0 Å². The summed E-state index contributed by atoms with van der Waals surface area (Å²) >= 11 is 0. The first-order valence-electron chi connectivity index (χ1n) is 7.18. The van der Waals surface area contributed by atoms with Crippen molar-refractivity contribution in [3.63, 3.8) is 0 Å². The molecule has 0 aromatic carbocycles. The number of halogens is 1. The van der Waals surface area contributed by atoms with Gasteiger partial charge in [-0.15, -0.1) is 12.4 Å². The average Bonchev–Trinajstić information content (AvgIpc) is 2.38. The molecule has 1 aromatic heterocycles. The highest BCUT2D eigenvalue weighted by molar-refractivity contribution is 6.02. The van der Waals surface area contributed by atoms with Gasteiger partial charge in [-0.05, 0) is 33.0 Å². The van der Waals surface area contributed by atoms with Crippen LogP contribution in [-0.2, 0) is 0 Å². The van der Waals surface area contributed by atoms with Crippen LogP contribution in [0.15, 0.2) is 12.3 Å². The molecule has 1 saturated heterocycles. The lowest BCUT2D eigenvalue weighted by Gasteiger charge is -2.40. The first-order chi connectivity index (χ1) is 9.60. The third-order valence-corrected chi connectivity index (χ3v) is 3.83. The number of Topliss-reactive ketones (excluding diaryl/α,β-unsaturated/α-hetero) is 1. The molecule has 1 fully saturated rings. The smallest absolute Gasteiger partial charge is 0.228 e. The highest BCUT2D eigenvalue weighted by Crippen LogP contribution is 2.41. The van der Waals surface area contributed by atoms with E-state index in [-0.39, 0.29) is 29.9 Å². The SMILES string of the molecule is CC(C)Oc1nccc2c1C(=O)CC1(CCNCC1)O2.Cl. The number of rotatable bonds is 2. The van der Waals surface area contributed by atoms with Crippen molar-refractivity contribution in [2.45, 2.75) is 44.8 Å². The van der Waals surface area contributed by atoms with Crippen LogP contribution in [-0.4, -0.2) is 35.6 Å². The Labute approximate surface area is 130 Å². The highest BCUT2D eigenvalue weighted by Gasteiger charge is 2.42. The monoisotopic (exact) mass is 312 g/mol. The van der Waals surface area contributed by atoms with Crippen LogP contribution < -0.4 is 14.8 Å². The van der Waals surface area contributed by atoms with Gasteiger partial charge in [-0.1, -0.05) is 0 Å². The number of carbonyl (C=O) groups excluding carboxylic acids is 1. The molecule has 0 amide bonds. The van der Waals surface area contributed by atoms with Crippen molar-refractivity contribution < 1.29 is 14.3 Å². The van der Waals surface area contributed by atoms with Crippen molar-refractivity contribution in [3.05, 3.63) is 17.8 Å². The van der Waals surface area contributed by atoms with Crippen LogP contribution in [0.1, 0.15) is 43.5 Å². The summed E-state index contributed by atoms with van der Waals surface area (Å²) in [5.74, 6) is 1.09. The fraction of sp³-hybridized carbons (Fsp3) is 0.600. The number of hydrogen-bond donors (Lipinski definition) is 1. The number of nitrogens with zero attached hydrogens (tertiary/aromatic N) is 1. The number of hydrogen-bond acceptors (Lipinski definition) is 5. The zero-order valence-electron chi connectivity index (χ0n) is 12.3. The maximum atomic E-state index is 12.5. The molecule has 1 N–H and O–H groups in total. The van der Waals surface area contributed by atoms with Crippen LogP contribution in [0.5, 0.6) is 11.6 Å². The van der Waals surface area contributed by atoms with Gasteiger partial charge in [-0.2, -0.15) is 0 Å². The molecule has 3 heterocycles. The summed E-state index contributed by atoms with van der Waals surface area (Å²) in [6, 6.07) is 1.77.